The van der Waals surface area contributed by atoms with Crippen molar-refractivity contribution in [3.63, 3.8) is 0 Å². The van der Waals surface area contributed by atoms with E-state index in [1.165, 1.54) is 5.56 Å². The number of nitrogens with zero attached hydrogens (tertiary/aromatic N) is 1. The molecule has 1 fully saturated rings. The summed E-state index contributed by atoms with van der Waals surface area (Å²) in [6.07, 6.45) is 1.77. The average Bonchev–Trinajstić information content (AvgIpc) is 2.47. The maximum Gasteiger partial charge on any atom is 0.222 e. The molecule has 0 unspecified atom stereocenters. The minimum atomic E-state index is 0.138. The van der Waals surface area contributed by atoms with Gasteiger partial charge in [0.1, 0.15) is 0 Å². The molecule has 1 saturated heterocycles. The van der Waals surface area contributed by atoms with E-state index in [1.807, 2.05) is 13.1 Å². The molecule has 0 radical (unpaired) electrons. The Labute approximate surface area is 125 Å². The average molecular weight is 296 g/mol. The van der Waals surface area contributed by atoms with Crippen molar-refractivity contribution in [1.29, 1.82) is 0 Å². The molecule has 0 aromatic heterocycles. The SMILES string of the molecule is CNCc1ccc(N2CCC(C(=O)NC)CC2)c(Cl)c1. The van der Waals surface area contributed by atoms with Gasteiger partial charge in [-0.15, -0.1) is 0 Å². The molecular formula is C15H22ClN3O. The van der Waals surface area contributed by atoms with Crippen LogP contribution >= 0.6 is 11.6 Å². The summed E-state index contributed by atoms with van der Waals surface area (Å²) in [5.74, 6) is 0.290. The number of piperidine rings is 1. The van der Waals surface area contributed by atoms with Gasteiger partial charge in [-0.1, -0.05) is 17.7 Å². The Hall–Kier alpha value is -1.26. The summed E-state index contributed by atoms with van der Waals surface area (Å²) in [7, 11) is 3.62. The number of rotatable bonds is 4. The van der Waals surface area contributed by atoms with Crippen molar-refractivity contribution in [2.75, 3.05) is 32.1 Å². The van der Waals surface area contributed by atoms with Gasteiger partial charge < -0.3 is 15.5 Å². The van der Waals surface area contributed by atoms with E-state index in [4.69, 9.17) is 11.6 Å². The molecule has 20 heavy (non-hydrogen) atoms. The predicted molar refractivity (Wildman–Crippen MR) is 83.2 cm³/mol. The molecule has 5 heteroatoms. The minimum Gasteiger partial charge on any atom is -0.370 e. The molecule has 0 saturated carbocycles. The van der Waals surface area contributed by atoms with Crippen LogP contribution in [0.4, 0.5) is 5.69 Å². The van der Waals surface area contributed by atoms with Crippen LogP contribution in [0.3, 0.4) is 0 Å². The molecule has 1 aromatic carbocycles. The van der Waals surface area contributed by atoms with E-state index in [2.05, 4.69) is 27.7 Å². The van der Waals surface area contributed by atoms with Gasteiger partial charge in [-0.2, -0.15) is 0 Å². The van der Waals surface area contributed by atoms with E-state index in [1.54, 1.807) is 7.05 Å². The highest BCUT2D eigenvalue weighted by Gasteiger charge is 2.25. The van der Waals surface area contributed by atoms with Gasteiger partial charge in [0, 0.05) is 32.6 Å². The summed E-state index contributed by atoms with van der Waals surface area (Å²) in [5.41, 5.74) is 2.25. The summed E-state index contributed by atoms with van der Waals surface area (Å²) in [4.78, 5) is 13.9. The number of carbonyl (C=O) groups excluding carboxylic acids is 1. The normalized spacial score (nSPS) is 16.2. The van der Waals surface area contributed by atoms with Gasteiger partial charge in [0.05, 0.1) is 10.7 Å². The van der Waals surface area contributed by atoms with Crippen LogP contribution in [0.25, 0.3) is 0 Å². The molecule has 1 heterocycles. The number of amides is 1. The van der Waals surface area contributed by atoms with E-state index >= 15 is 0 Å². The standard InChI is InChI=1S/C15H22ClN3O/c1-17-10-11-3-4-14(13(16)9-11)19-7-5-12(6-8-19)15(20)18-2/h3-4,9,12,17H,5-8,10H2,1-2H3,(H,18,20). The molecule has 4 nitrogen and oxygen atoms in total. The van der Waals surface area contributed by atoms with Gasteiger partial charge in [0.15, 0.2) is 0 Å². The fourth-order valence-corrected chi connectivity index (χ4v) is 3.03. The number of halogens is 1. The molecule has 0 spiro atoms. The van der Waals surface area contributed by atoms with E-state index in [9.17, 15) is 4.79 Å². The number of anilines is 1. The first-order chi connectivity index (χ1) is 9.65. The summed E-state index contributed by atoms with van der Waals surface area (Å²) in [5, 5.41) is 6.64. The van der Waals surface area contributed by atoms with Crippen molar-refractivity contribution in [3.8, 4) is 0 Å². The van der Waals surface area contributed by atoms with Crippen molar-refractivity contribution in [3.05, 3.63) is 28.8 Å². The van der Waals surface area contributed by atoms with Crippen LogP contribution in [0.5, 0.6) is 0 Å². The zero-order valence-corrected chi connectivity index (χ0v) is 12.8. The van der Waals surface area contributed by atoms with Crippen LogP contribution in [0.2, 0.25) is 5.02 Å². The summed E-state index contributed by atoms with van der Waals surface area (Å²) in [6, 6.07) is 6.19. The Morgan fingerprint density at radius 3 is 2.60 bits per heavy atom. The molecular weight excluding hydrogens is 274 g/mol. The second kappa shape index (κ2) is 6.95. The Balaban J connectivity index is 2.01. The molecule has 0 atom stereocenters. The van der Waals surface area contributed by atoms with E-state index in [0.29, 0.717) is 0 Å². The van der Waals surface area contributed by atoms with Crippen molar-refractivity contribution in [2.45, 2.75) is 19.4 Å². The number of benzene rings is 1. The van der Waals surface area contributed by atoms with Crippen LogP contribution in [-0.4, -0.2) is 33.1 Å². The highest BCUT2D eigenvalue weighted by molar-refractivity contribution is 6.33. The van der Waals surface area contributed by atoms with Crippen LogP contribution in [-0.2, 0) is 11.3 Å². The predicted octanol–water partition coefficient (Wildman–Crippen LogP) is 2.02. The van der Waals surface area contributed by atoms with Crippen molar-refractivity contribution in [1.82, 2.24) is 10.6 Å². The van der Waals surface area contributed by atoms with Crippen molar-refractivity contribution in [2.24, 2.45) is 5.92 Å². The minimum absolute atomic E-state index is 0.138. The third kappa shape index (κ3) is 3.44. The van der Waals surface area contributed by atoms with Crippen LogP contribution in [0, 0.1) is 5.92 Å². The first kappa shape index (κ1) is 15.1. The Morgan fingerprint density at radius 1 is 1.35 bits per heavy atom. The molecule has 1 aliphatic heterocycles. The molecule has 110 valence electrons. The lowest BCUT2D eigenvalue weighted by Gasteiger charge is -2.33. The largest absolute Gasteiger partial charge is 0.370 e. The van der Waals surface area contributed by atoms with Gasteiger partial charge >= 0.3 is 0 Å². The molecule has 1 aliphatic rings. The highest BCUT2D eigenvalue weighted by atomic mass is 35.5. The molecule has 1 aromatic rings. The van der Waals surface area contributed by atoms with Crippen LogP contribution < -0.4 is 15.5 Å². The molecule has 1 amide bonds. The van der Waals surface area contributed by atoms with Gasteiger partial charge in [-0.05, 0) is 37.6 Å². The number of hydrogen-bond acceptors (Lipinski definition) is 3. The first-order valence-corrected chi connectivity index (χ1v) is 7.43. The number of carbonyl (C=O) groups is 1. The van der Waals surface area contributed by atoms with Gasteiger partial charge in [-0.25, -0.2) is 0 Å². The summed E-state index contributed by atoms with van der Waals surface area (Å²) >= 11 is 6.38. The van der Waals surface area contributed by atoms with Crippen molar-refractivity contribution < 1.29 is 4.79 Å². The maximum atomic E-state index is 11.6. The fraction of sp³-hybridized carbons (Fsp3) is 0.533. The van der Waals surface area contributed by atoms with Gasteiger partial charge in [0.25, 0.3) is 0 Å². The van der Waals surface area contributed by atoms with E-state index < -0.39 is 0 Å². The van der Waals surface area contributed by atoms with Crippen LogP contribution in [0.1, 0.15) is 18.4 Å². The molecule has 0 bridgehead atoms. The quantitative estimate of drug-likeness (QED) is 0.893. The smallest absolute Gasteiger partial charge is 0.222 e. The monoisotopic (exact) mass is 295 g/mol. The topological polar surface area (TPSA) is 44.4 Å². The van der Waals surface area contributed by atoms with Crippen molar-refractivity contribution >= 4 is 23.2 Å². The Bertz CT molecular complexity index is 470. The third-order valence-electron chi connectivity index (χ3n) is 3.85. The first-order valence-electron chi connectivity index (χ1n) is 7.05. The lowest BCUT2D eigenvalue weighted by molar-refractivity contribution is -0.125. The lowest BCUT2D eigenvalue weighted by Crippen LogP contribution is -2.39. The zero-order chi connectivity index (χ0) is 14.5. The molecule has 2 N–H and O–H groups in total. The van der Waals surface area contributed by atoms with Gasteiger partial charge in [0.2, 0.25) is 5.91 Å². The van der Waals surface area contributed by atoms with Crippen LogP contribution in [0.15, 0.2) is 18.2 Å². The fourth-order valence-electron chi connectivity index (χ4n) is 2.71. The number of hydrogen-bond donors (Lipinski definition) is 2. The number of nitrogens with one attached hydrogen (secondary N) is 2. The Morgan fingerprint density at radius 2 is 2.05 bits per heavy atom. The second-order valence-electron chi connectivity index (χ2n) is 5.19. The zero-order valence-electron chi connectivity index (χ0n) is 12.1. The molecule has 0 aliphatic carbocycles. The van der Waals surface area contributed by atoms with E-state index in [0.717, 1.165) is 43.2 Å². The Kier molecular flexibility index (Phi) is 5.26. The lowest BCUT2D eigenvalue weighted by atomic mass is 9.95. The van der Waals surface area contributed by atoms with Gasteiger partial charge in [-0.3, -0.25) is 4.79 Å². The molecule has 2 rings (SSSR count). The summed E-state index contributed by atoms with van der Waals surface area (Å²) < 4.78 is 0. The highest BCUT2D eigenvalue weighted by Crippen LogP contribution is 2.30. The third-order valence-corrected chi connectivity index (χ3v) is 4.15. The van der Waals surface area contributed by atoms with E-state index in [-0.39, 0.29) is 11.8 Å². The maximum absolute atomic E-state index is 11.6. The second-order valence-corrected chi connectivity index (χ2v) is 5.60. The summed E-state index contributed by atoms with van der Waals surface area (Å²) in [6.45, 7) is 2.57.